The van der Waals surface area contributed by atoms with Gasteiger partial charge in [0.1, 0.15) is 11.0 Å². The number of aromatic nitrogens is 2. The van der Waals surface area contributed by atoms with Gasteiger partial charge in [-0.1, -0.05) is 17.7 Å². The number of nitrogens with zero attached hydrogens (tertiary/aromatic N) is 4. The summed E-state index contributed by atoms with van der Waals surface area (Å²) in [6, 6.07) is 6.26. The third-order valence-corrected chi connectivity index (χ3v) is 4.41. The summed E-state index contributed by atoms with van der Waals surface area (Å²) in [7, 11) is 0. The first-order valence-electron chi connectivity index (χ1n) is 8.03. The van der Waals surface area contributed by atoms with Crippen molar-refractivity contribution in [2.75, 3.05) is 31.1 Å². The summed E-state index contributed by atoms with van der Waals surface area (Å²) in [5.41, 5.74) is 0.369. The van der Waals surface area contributed by atoms with Crippen molar-refractivity contribution in [2.45, 2.75) is 19.1 Å². The molecule has 0 spiro atoms. The highest BCUT2D eigenvalue weighted by atomic mass is 35.5. The molecule has 0 bridgehead atoms. The summed E-state index contributed by atoms with van der Waals surface area (Å²) in [5, 5.41) is 0.471. The van der Waals surface area contributed by atoms with Gasteiger partial charge in [-0.15, -0.1) is 0 Å². The number of halogens is 4. The predicted octanol–water partition coefficient (Wildman–Crippen LogP) is 3.86. The number of anilines is 1. The van der Waals surface area contributed by atoms with Crippen LogP contribution in [0.5, 0.6) is 0 Å². The number of hydrogen-bond acceptors (Lipinski definition) is 4. The van der Waals surface area contributed by atoms with Gasteiger partial charge in [-0.3, -0.25) is 4.90 Å². The standard InChI is InChI=1S/C17H18ClF3N4/c18-15-4-2-13(10-22-15)12-24-6-1-7-25(9-8-24)16-5-3-14(11-23-16)17(19,20)21/h2-5,10-11H,1,6-9,12H2. The molecule has 4 nitrogen and oxygen atoms in total. The molecule has 2 aromatic heterocycles. The van der Waals surface area contributed by atoms with Gasteiger partial charge in [0, 0.05) is 45.1 Å². The van der Waals surface area contributed by atoms with E-state index in [-0.39, 0.29) is 0 Å². The maximum absolute atomic E-state index is 12.6. The van der Waals surface area contributed by atoms with Gasteiger partial charge in [-0.05, 0) is 30.2 Å². The molecule has 1 aliphatic heterocycles. The molecule has 3 rings (SSSR count). The summed E-state index contributed by atoms with van der Waals surface area (Å²) < 4.78 is 37.9. The molecule has 0 atom stereocenters. The zero-order valence-electron chi connectivity index (χ0n) is 13.5. The maximum atomic E-state index is 12.6. The molecule has 0 aliphatic carbocycles. The van der Waals surface area contributed by atoms with Crippen molar-refractivity contribution in [1.29, 1.82) is 0 Å². The molecular weight excluding hydrogens is 353 g/mol. The number of rotatable bonds is 3. The average Bonchev–Trinajstić information content (AvgIpc) is 2.82. The molecule has 2 aromatic rings. The third kappa shape index (κ3) is 4.83. The first kappa shape index (κ1) is 17.9. The molecule has 0 saturated carbocycles. The fourth-order valence-corrected chi connectivity index (χ4v) is 2.97. The Morgan fingerprint density at radius 3 is 2.44 bits per heavy atom. The van der Waals surface area contributed by atoms with Crippen LogP contribution in [0.4, 0.5) is 19.0 Å². The largest absolute Gasteiger partial charge is 0.417 e. The quantitative estimate of drug-likeness (QED) is 0.768. The summed E-state index contributed by atoms with van der Waals surface area (Å²) in [6.45, 7) is 4.00. The molecule has 134 valence electrons. The van der Waals surface area contributed by atoms with Crippen LogP contribution in [0.3, 0.4) is 0 Å². The van der Waals surface area contributed by atoms with Crippen LogP contribution in [-0.4, -0.2) is 41.0 Å². The minimum Gasteiger partial charge on any atom is -0.355 e. The lowest BCUT2D eigenvalue weighted by Crippen LogP contribution is -2.31. The van der Waals surface area contributed by atoms with E-state index < -0.39 is 11.7 Å². The molecule has 0 radical (unpaired) electrons. The monoisotopic (exact) mass is 370 g/mol. The second kappa shape index (κ2) is 7.58. The molecule has 0 amide bonds. The van der Waals surface area contributed by atoms with Crippen molar-refractivity contribution in [3.63, 3.8) is 0 Å². The van der Waals surface area contributed by atoms with Crippen LogP contribution < -0.4 is 4.90 Å². The Kier molecular flexibility index (Phi) is 5.44. The first-order chi connectivity index (χ1) is 11.9. The molecule has 1 fully saturated rings. The Bertz CT molecular complexity index is 689. The second-order valence-corrected chi connectivity index (χ2v) is 6.40. The van der Waals surface area contributed by atoms with Gasteiger partial charge in [0.05, 0.1) is 5.56 Å². The van der Waals surface area contributed by atoms with Gasteiger partial charge in [-0.25, -0.2) is 9.97 Å². The Labute approximate surface area is 149 Å². The van der Waals surface area contributed by atoms with Gasteiger partial charge in [0.25, 0.3) is 0 Å². The van der Waals surface area contributed by atoms with Crippen molar-refractivity contribution in [1.82, 2.24) is 14.9 Å². The van der Waals surface area contributed by atoms with Gasteiger partial charge >= 0.3 is 6.18 Å². The maximum Gasteiger partial charge on any atom is 0.417 e. The lowest BCUT2D eigenvalue weighted by Gasteiger charge is -2.23. The predicted molar refractivity (Wildman–Crippen MR) is 90.6 cm³/mol. The second-order valence-electron chi connectivity index (χ2n) is 6.01. The zero-order chi connectivity index (χ0) is 17.9. The zero-order valence-corrected chi connectivity index (χ0v) is 14.3. The Morgan fingerprint density at radius 1 is 0.960 bits per heavy atom. The molecule has 1 saturated heterocycles. The molecule has 1 aliphatic rings. The SMILES string of the molecule is FC(F)(F)c1ccc(N2CCCN(Cc3ccc(Cl)nc3)CC2)nc1. The van der Waals surface area contributed by atoms with Crippen molar-refractivity contribution in [3.8, 4) is 0 Å². The fourth-order valence-electron chi connectivity index (χ4n) is 2.86. The van der Waals surface area contributed by atoms with E-state index >= 15 is 0 Å². The van der Waals surface area contributed by atoms with Gasteiger partial charge in [0.2, 0.25) is 0 Å². The lowest BCUT2D eigenvalue weighted by atomic mass is 10.2. The number of alkyl halides is 3. The van der Waals surface area contributed by atoms with Gasteiger partial charge < -0.3 is 4.90 Å². The van der Waals surface area contributed by atoms with Crippen LogP contribution in [-0.2, 0) is 12.7 Å². The van der Waals surface area contributed by atoms with Crippen molar-refractivity contribution >= 4 is 17.4 Å². The highest BCUT2D eigenvalue weighted by molar-refractivity contribution is 6.29. The molecule has 0 unspecified atom stereocenters. The fraction of sp³-hybridized carbons (Fsp3) is 0.412. The van der Waals surface area contributed by atoms with Crippen LogP contribution in [0, 0.1) is 0 Å². The highest BCUT2D eigenvalue weighted by Gasteiger charge is 2.31. The van der Waals surface area contributed by atoms with E-state index in [0.717, 1.165) is 57.0 Å². The topological polar surface area (TPSA) is 32.3 Å². The Balaban J connectivity index is 1.60. The highest BCUT2D eigenvalue weighted by Crippen LogP contribution is 2.29. The molecule has 0 aromatic carbocycles. The van der Waals surface area contributed by atoms with E-state index in [1.165, 1.54) is 6.07 Å². The summed E-state index contributed by atoms with van der Waals surface area (Å²) in [5.74, 6) is 0.586. The van der Waals surface area contributed by atoms with Crippen molar-refractivity contribution in [2.24, 2.45) is 0 Å². The average molecular weight is 371 g/mol. The van der Waals surface area contributed by atoms with E-state index in [4.69, 9.17) is 11.6 Å². The van der Waals surface area contributed by atoms with Crippen molar-refractivity contribution < 1.29 is 13.2 Å². The Hall–Kier alpha value is -1.86. The van der Waals surface area contributed by atoms with Crippen LogP contribution >= 0.6 is 11.6 Å². The van der Waals surface area contributed by atoms with Crippen LogP contribution in [0.15, 0.2) is 36.7 Å². The summed E-state index contributed by atoms with van der Waals surface area (Å²) >= 11 is 5.80. The normalized spacial score (nSPS) is 16.7. The van der Waals surface area contributed by atoms with Crippen LogP contribution in [0.1, 0.15) is 17.5 Å². The van der Waals surface area contributed by atoms with E-state index in [2.05, 4.69) is 14.9 Å². The van der Waals surface area contributed by atoms with Crippen LogP contribution in [0.2, 0.25) is 5.15 Å². The van der Waals surface area contributed by atoms with E-state index in [1.54, 1.807) is 12.3 Å². The Morgan fingerprint density at radius 2 is 1.80 bits per heavy atom. The smallest absolute Gasteiger partial charge is 0.355 e. The van der Waals surface area contributed by atoms with Crippen molar-refractivity contribution in [3.05, 3.63) is 52.9 Å². The minimum atomic E-state index is -4.35. The minimum absolute atomic E-state index is 0.471. The molecular formula is C17H18ClF3N4. The van der Waals surface area contributed by atoms with Gasteiger partial charge in [0.15, 0.2) is 0 Å². The number of hydrogen-bond donors (Lipinski definition) is 0. The van der Waals surface area contributed by atoms with E-state index in [1.807, 2.05) is 11.0 Å². The van der Waals surface area contributed by atoms with Gasteiger partial charge in [-0.2, -0.15) is 13.2 Å². The molecule has 25 heavy (non-hydrogen) atoms. The van der Waals surface area contributed by atoms with E-state index in [0.29, 0.717) is 11.0 Å². The summed E-state index contributed by atoms with van der Waals surface area (Å²) in [6.07, 6.45) is -0.767. The number of pyridine rings is 2. The van der Waals surface area contributed by atoms with E-state index in [9.17, 15) is 13.2 Å². The third-order valence-electron chi connectivity index (χ3n) is 4.18. The molecule has 0 N–H and O–H groups in total. The summed E-state index contributed by atoms with van der Waals surface area (Å²) in [4.78, 5) is 12.4. The molecule has 3 heterocycles. The first-order valence-corrected chi connectivity index (χ1v) is 8.40. The lowest BCUT2D eigenvalue weighted by molar-refractivity contribution is -0.137. The van der Waals surface area contributed by atoms with Crippen LogP contribution in [0.25, 0.3) is 0 Å². The molecule has 8 heteroatoms.